The van der Waals surface area contributed by atoms with Crippen molar-refractivity contribution in [1.29, 1.82) is 0 Å². The maximum absolute atomic E-state index is 13.1. The van der Waals surface area contributed by atoms with Crippen LogP contribution >= 0.6 is 0 Å². The van der Waals surface area contributed by atoms with Crippen LogP contribution in [0.5, 0.6) is 11.5 Å². The van der Waals surface area contributed by atoms with E-state index in [-0.39, 0.29) is 12.5 Å². The second-order valence-electron chi connectivity index (χ2n) is 8.58. The Morgan fingerprint density at radius 3 is 2.56 bits per heavy atom. The summed E-state index contributed by atoms with van der Waals surface area (Å²) in [5, 5.41) is 17.7. The van der Waals surface area contributed by atoms with Crippen molar-refractivity contribution >= 4 is 23.7 Å². The fraction of sp³-hybridized carbons (Fsp3) is 0.107. The largest absolute Gasteiger partial charge is 0.455 e. The molecule has 0 radical (unpaired) electrons. The number of ether oxygens (including phenoxy) is 2. The van der Waals surface area contributed by atoms with Crippen LogP contribution in [0, 0.1) is 17.0 Å². The van der Waals surface area contributed by atoms with E-state index in [1.807, 2.05) is 0 Å². The van der Waals surface area contributed by atoms with Gasteiger partial charge in [0.15, 0.2) is 11.5 Å². The summed E-state index contributed by atoms with van der Waals surface area (Å²) in [5.74, 6) is 0.801. The molecule has 0 saturated heterocycles. The highest BCUT2D eigenvalue weighted by molar-refractivity contribution is 5.98. The Hall–Kier alpha value is -5.45. The van der Waals surface area contributed by atoms with E-state index < -0.39 is 22.8 Å². The Labute approximate surface area is 222 Å². The fourth-order valence-corrected chi connectivity index (χ4v) is 4.03. The third kappa shape index (κ3) is 5.62. The van der Waals surface area contributed by atoms with Crippen LogP contribution in [0.3, 0.4) is 0 Å². The molecule has 1 atom stereocenters. The Morgan fingerprint density at radius 1 is 1.00 bits per heavy atom. The minimum Gasteiger partial charge on any atom is -0.455 e. The summed E-state index contributed by atoms with van der Waals surface area (Å²) in [6, 6.07) is 20.3. The van der Waals surface area contributed by atoms with Gasteiger partial charge in [0, 0.05) is 23.3 Å². The van der Waals surface area contributed by atoms with E-state index in [2.05, 4.69) is 15.8 Å². The van der Waals surface area contributed by atoms with Gasteiger partial charge in [-0.3, -0.25) is 19.7 Å². The molecular weight excluding hydrogens is 504 g/mol. The second kappa shape index (κ2) is 10.9. The third-order valence-electron chi connectivity index (χ3n) is 5.98. The van der Waals surface area contributed by atoms with Crippen molar-refractivity contribution in [2.45, 2.75) is 13.0 Å². The number of hydrogen-bond acceptors (Lipinski definition) is 8. The summed E-state index contributed by atoms with van der Waals surface area (Å²) in [5.41, 5.74) is 4.68. The minimum atomic E-state index is -1.03. The molecule has 0 saturated carbocycles. The van der Waals surface area contributed by atoms with E-state index in [4.69, 9.17) is 13.9 Å². The smallest absolute Gasteiger partial charge is 0.269 e. The molecule has 4 aromatic rings. The zero-order chi connectivity index (χ0) is 27.4. The maximum atomic E-state index is 13.1. The van der Waals surface area contributed by atoms with E-state index in [1.54, 1.807) is 73.7 Å². The molecule has 1 aliphatic heterocycles. The number of furan rings is 1. The lowest BCUT2D eigenvalue weighted by atomic mass is 10.1. The lowest BCUT2D eigenvalue weighted by Gasteiger charge is -2.17. The van der Waals surface area contributed by atoms with Crippen LogP contribution in [0.1, 0.15) is 33.3 Å². The molecule has 11 nitrogen and oxygen atoms in total. The van der Waals surface area contributed by atoms with Crippen molar-refractivity contribution in [2.24, 2.45) is 5.10 Å². The Morgan fingerprint density at radius 2 is 1.79 bits per heavy atom. The van der Waals surface area contributed by atoms with Gasteiger partial charge in [0.25, 0.3) is 17.5 Å². The molecule has 0 fully saturated rings. The van der Waals surface area contributed by atoms with Crippen LogP contribution in [-0.2, 0) is 4.79 Å². The lowest BCUT2D eigenvalue weighted by molar-refractivity contribution is -0.384. The highest BCUT2D eigenvalue weighted by Gasteiger charge is 2.24. The van der Waals surface area contributed by atoms with Gasteiger partial charge >= 0.3 is 0 Å². The van der Waals surface area contributed by atoms with Crippen molar-refractivity contribution in [2.75, 3.05) is 6.79 Å². The first-order chi connectivity index (χ1) is 18.9. The van der Waals surface area contributed by atoms with Crippen molar-refractivity contribution in [3.05, 3.63) is 111 Å². The molecule has 3 aromatic carbocycles. The van der Waals surface area contributed by atoms with Gasteiger partial charge in [-0.15, -0.1) is 0 Å². The first-order valence-electron chi connectivity index (χ1n) is 11.8. The number of benzene rings is 3. The number of non-ortho nitro benzene ring substituents is 1. The summed E-state index contributed by atoms with van der Waals surface area (Å²) in [4.78, 5) is 36.6. The van der Waals surface area contributed by atoms with E-state index in [0.29, 0.717) is 45.3 Å². The molecule has 2 heterocycles. The number of carbonyl (C=O) groups excluding carboxylic acids is 2. The molecular formula is C28H22N4O7. The van der Waals surface area contributed by atoms with Crippen LogP contribution in [0.2, 0.25) is 0 Å². The number of fused-ring (bicyclic) bond motifs is 1. The number of aryl methyl sites for hydroxylation is 1. The Balaban J connectivity index is 1.28. The molecule has 5 rings (SSSR count). The molecule has 39 heavy (non-hydrogen) atoms. The van der Waals surface area contributed by atoms with Gasteiger partial charge in [-0.25, -0.2) is 5.43 Å². The number of hydrogen-bond donors (Lipinski definition) is 2. The van der Waals surface area contributed by atoms with Gasteiger partial charge in [-0.1, -0.05) is 30.3 Å². The predicted molar refractivity (Wildman–Crippen MR) is 140 cm³/mol. The number of hydrazone groups is 1. The minimum absolute atomic E-state index is 0.00844. The van der Waals surface area contributed by atoms with Crippen molar-refractivity contribution in [3.63, 3.8) is 0 Å². The van der Waals surface area contributed by atoms with Crippen LogP contribution in [0.15, 0.2) is 88.4 Å². The van der Waals surface area contributed by atoms with Crippen LogP contribution < -0.4 is 20.2 Å². The number of nitro groups is 1. The van der Waals surface area contributed by atoms with Gasteiger partial charge < -0.3 is 19.2 Å². The quantitative estimate of drug-likeness (QED) is 0.195. The van der Waals surface area contributed by atoms with E-state index in [9.17, 15) is 19.7 Å². The summed E-state index contributed by atoms with van der Waals surface area (Å²) in [6.45, 7) is 1.83. The highest BCUT2D eigenvalue weighted by atomic mass is 16.7. The van der Waals surface area contributed by atoms with Crippen molar-refractivity contribution < 1.29 is 28.4 Å². The summed E-state index contributed by atoms with van der Waals surface area (Å²) < 4.78 is 16.4. The van der Waals surface area contributed by atoms with Gasteiger partial charge in [-0.05, 0) is 54.4 Å². The molecule has 0 bridgehead atoms. The Kier molecular flexibility index (Phi) is 7.04. The molecule has 1 aliphatic rings. The molecule has 196 valence electrons. The third-order valence-corrected chi connectivity index (χ3v) is 5.98. The SMILES string of the molecule is Cc1cc([N+](=O)[O-])ccc1-c1ccc(/C=N\NC(=O)[C@H](NC(=O)c2ccc3c(c2)OCO3)c2ccccc2)o1. The van der Waals surface area contributed by atoms with Gasteiger partial charge in [-0.2, -0.15) is 5.10 Å². The summed E-state index contributed by atoms with van der Waals surface area (Å²) in [6.07, 6.45) is 1.32. The van der Waals surface area contributed by atoms with Crippen LogP contribution in [-0.4, -0.2) is 29.7 Å². The van der Waals surface area contributed by atoms with E-state index in [1.165, 1.54) is 18.3 Å². The fourth-order valence-electron chi connectivity index (χ4n) is 4.03. The van der Waals surface area contributed by atoms with Gasteiger partial charge in [0.2, 0.25) is 6.79 Å². The first-order valence-corrected chi connectivity index (χ1v) is 11.8. The molecule has 0 aliphatic carbocycles. The topological polar surface area (TPSA) is 145 Å². The average molecular weight is 527 g/mol. The number of amides is 2. The second-order valence-corrected chi connectivity index (χ2v) is 8.58. The summed E-state index contributed by atoms with van der Waals surface area (Å²) in [7, 11) is 0. The van der Waals surface area contributed by atoms with Gasteiger partial charge in [0.1, 0.15) is 17.6 Å². The van der Waals surface area contributed by atoms with E-state index in [0.717, 1.165) is 0 Å². The van der Waals surface area contributed by atoms with Crippen molar-refractivity contribution in [1.82, 2.24) is 10.7 Å². The molecule has 11 heteroatoms. The van der Waals surface area contributed by atoms with Crippen LogP contribution in [0.25, 0.3) is 11.3 Å². The number of nitrogens with zero attached hydrogens (tertiary/aromatic N) is 2. The standard InChI is InChI=1S/C28H22N4O7/c1-17-13-20(32(35)36)8-10-22(17)23-12-9-21(39-23)15-29-31-28(34)26(18-5-3-2-4-6-18)30-27(33)19-7-11-24-25(14-19)38-16-37-24/h2-15,26H,16H2,1H3,(H,30,33)(H,31,34)/b29-15-/t26-/m1/s1. The molecule has 2 amide bonds. The van der Waals surface area contributed by atoms with E-state index >= 15 is 0 Å². The zero-order valence-electron chi connectivity index (χ0n) is 20.6. The number of carbonyl (C=O) groups is 2. The summed E-state index contributed by atoms with van der Waals surface area (Å²) >= 11 is 0. The number of rotatable bonds is 8. The predicted octanol–water partition coefficient (Wildman–Crippen LogP) is 4.51. The molecule has 0 spiro atoms. The number of nitrogens with one attached hydrogen (secondary N) is 2. The van der Waals surface area contributed by atoms with Crippen molar-refractivity contribution in [3.8, 4) is 22.8 Å². The van der Waals surface area contributed by atoms with Gasteiger partial charge in [0.05, 0.1) is 11.1 Å². The molecule has 2 N–H and O–H groups in total. The first kappa shape index (κ1) is 25.2. The zero-order valence-corrected chi connectivity index (χ0v) is 20.6. The lowest BCUT2D eigenvalue weighted by Crippen LogP contribution is -2.38. The Bertz CT molecular complexity index is 1580. The van der Waals surface area contributed by atoms with Crippen LogP contribution in [0.4, 0.5) is 5.69 Å². The maximum Gasteiger partial charge on any atom is 0.269 e. The number of nitro benzene ring substituents is 1. The average Bonchev–Trinajstić information content (AvgIpc) is 3.61. The normalized spacial score (nSPS) is 12.7. The molecule has 1 aromatic heterocycles. The molecule has 0 unspecified atom stereocenters. The monoisotopic (exact) mass is 526 g/mol. The highest BCUT2D eigenvalue weighted by Crippen LogP contribution is 2.32.